The van der Waals surface area contributed by atoms with Crippen LogP contribution in [0.3, 0.4) is 0 Å². The summed E-state index contributed by atoms with van der Waals surface area (Å²) in [5.74, 6) is -0.476. The van der Waals surface area contributed by atoms with E-state index in [4.69, 9.17) is 23.2 Å². The molecule has 2 N–H and O–H groups in total. The van der Waals surface area contributed by atoms with Crippen molar-refractivity contribution in [3.63, 3.8) is 0 Å². The van der Waals surface area contributed by atoms with Gasteiger partial charge in [-0.05, 0) is 18.2 Å². The van der Waals surface area contributed by atoms with Gasteiger partial charge in [0.05, 0.1) is 38.3 Å². The Bertz CT molecular complexity index is 764. The average molecular weight is 411 g/mol. The summed E-state index contributed by atoms with van der Waals surface area (Å²) in [7, 11) is -2.59. The Labute approximate surface area is 155 Å². The number of nitrogens with one attached hydrogen (secondary N) is 2. The summed E-state index contributed by atoms with van der Waals surface area (Å²) in [6.45, 7) is 1.36. The van der Waals surface area contributed by atoms with Crippen molar-refractivity contribution >= 4 is 45.2 Å². The number of alkyl carbamates (subject to hydrolysis) is 1. The molecule has 2 rings (SSSR count). The molecule has 1 aliphatic heterocycles. The van der Waals surface area contributed by atoms with E-state index in [1.54, 1.807) is 0 Å². The Balaban J connectivity index is 1.98. The molecule has 1 aliphatic rings. The van der Waals surface area contributed by atoms with Crippen molar-refractivity contribution in [2.24, 2.45) is 0 Å². The van der Waals surface area contributed by atoms with Gasteiger partial charge in [0.15, 0.2) is 6.54 Å². The van der Waals surface area contributed by atoms with E-state index in [0.29, 0.717) is 13.1 Å². The van der Waals surface area contributed by atoms with Crippen LogP contribution in [0.1, 0.15) is 0 Å². The second-order valence-electron chi connectivity index (χ2n) is 5.45. The molecular weight excluding hydrogens is 393 g/mol. The Hall–Kier alpha value is -1.39. The fraction of sp³-hybridized carbons (Fsp3) is 0.429. The van der Waals surface area contributed by atoms with Crippen molar-refractivity contribution in [1.29, 1.82) is 0 Å². The Morgan fingerprint density at radius 2 is 1.92 bits per heavy atom. The summed E-state index contributed by atoms with van der Waals surface area (Å²) >= 11 is 11.9. The molecule has 0 unspecified atom stereocenters. The summed E-state index contributed by atoms with van der Waals surface area (Å²) in [6.07, 6.45) is -0.818. The minimum absolute atomic E-state index is 0.0337. The van der Waals surface area contributed by atoms with Crippen LogP contribution in [0.4, 0.5) is 4.79 Å². The van der Waals surface area contributed by atoms with Crippen LogP contribution < -0.4 is 10.2 Å². The Kier molecular flexibility index (Phi) is 6.64. The molecule has 1 fully saturated rings. The van der Waals surface area contributed by atoms with Crippen LogP contribution >= 0.6 is 23.2 Å². The van der Waals surface area contributed by atoms with E-state index in [-0.39, 0.29) is 34.6 Å². The zero-order valence-corrected chi connectivity index (χ0v) is 15.7. The number of quaternary nitrogens is 1. The molecule has 2 amide bonds. The number of benzene rings is 1. The van der Waals surface area contributed by atoms with Gasteiger partial charge in [-0.15, -0.1) is 0 Å². The summed E-state index contributed by atoms with van der Waals surface area (Å²) < 4.78 is 31.1. The molecule has 1 aromatic rings. The molecule has 0 radical (unpaired) electrons. The lowest BCUT2D eigenvalue weighted by molar-refractivity contribution is -0.895. The predicted molar refractivity (Wildman–Crippen MR) is 91.3 cm³/mol. The van der Waals surface area contributed by atoms with Crippen LogP contribution in [0.15, 0.2) is 23.1 Å². The first-order valence-electron chi connectivity index (χ1n) is 7.40. The van der Waals surface area contributed by atoms with Crippen LogP contribution in [0.5, 0.6) is 0 Å². The second-order valence-corrected chi connectivity index (χ2v) is 8.20. The Morgan fingerprint density at radius 3 is 2.52 bits per heavy atom. The van der Waals surface area contributed by atoms with E-state index in [1.165, 1.54) is 29.6 Å². The van der Waals surface area contributed by atoms with Gasteiger partial charge in [0, 0.05) is 5.02 Å². The number of hydrogen-bond acceptors (Lipinski definition) is 5. The molecule has 1 heterocycles. The van der Waals surface area contributed by atoms with E-state index in [0.717, 1.165) is 4.90 Å². The highest BCUT2D eigenvalue weighted by molar-refractivity contribution is 7.89. The van der Waals surface area contributed by atoms with Crippen molar-refractivity contribution in [2.45, 2.75) is 4.90 Å². The summed E-state index contributed by atoms with van der Waals surface area (Å²) in [5, 5.41) is 2.46. The van der Waals surface area contributed by atoms with E-state index in [1.807, 2.05) is 0 Å². The molecular formula is C14H18Cl2N3O5S+. The van der Waals surface area contributed by atoms with Crippen LogP contribution in [0.2, 0.25) is 10.0 Å². The predicted octanol–water partition coefficient (Wildman–Crippen LogP) is -0.235. The molecule has 0 aliphatic carbocycles. The number of sulfonamides is 1. The molecule has 0 spiro atoms. The third kappa shape index (κ3) is 5.05. The number of piperazine rings is 1. The number of carbonyl (C=O) groups excluding carboxylic acids is 2. The van der Waals surface area contributed by atoms with Crippen LogP contribution in [0.25, 0.3) is 0 Å². The van der Waals surface area contributed by atoms with E-state index in [2.05, 4.69) is 10.1 Å². The summed E-state index contributed by atoms with van der Waals surface area (Å²) in [5.41, 5.74) is 0. The number of carbonyl (C=O) groups is 2. The minimum Gasteiger partial charge on any atom is -0.453 e. The maximum atomic E-state index is 12.7. The van der Waals surface area contributed by atoms with Gasteiger partial charge in [0.25, 0.3) is 5.91 Å². The maximum absolute atomic E-state index is 12.7. The van der Waals surface area contributed by atoms with E-state index >= 15 is 0 Å². The third-order valence-electron chi connectivity index (χ3n) is 3.78. The van der Waals surface area contributed by atoms with Gasteiger partial charge in [0.2, 0.25) is 10.0 Å². The van der Waals surface area contributed by atoms with Crippen LogP contribution in [-0.4, -0.2) is 64.6 Å². The smallest absolute Gasteiger partial charge is 0.413 e. The summed E-state index contributed by atoms with van der Waals surface area (Å²) in [6, 6.07) is 4.28. The fourth-order valence-electron chi connectivity index (χ4n) is 2.47. The molecule has 11 heteroatoms. The van der Waals surface area contributed by atoms with Gasteiger partial charge in [-0.1, -0.05) is 23.2 Å². The third-order valence-corrected chi connectivity index (χ3v) is 6.39. The van der Waals surface area contributed by atoms with Gasteiger partial charge in [-0.3, -0.25) is 10.1 Å². The lowest BCUT2D eigenvalue weighted by Crippen LogP contribution is -3.15. The zero-order chi connectivity index (χ0) is 18.6. The van der Waals surface area contributed by atoms with Crippen molar-refractivity contribution in [3.8, 4) is 0 Å². The molecule has 1 saturated heterocycles. The highest BCUT2D eigenvalue weighted by Gasteiger charge is 2.32. The van der Waals surface area contributed by atoms with E-state index < -0.39 is 22.0 Å². The molecule has 0 atom stereocenters. The number of halogens is 2. The molecule has 1 aromatic carbocycles. The first kappa shape index (κ1) is 19.9. The molecule has 25 heavy (non-hydrogen) atoms. The van der Waals surface area contributed by atoms with Crippen molar-refractivity contribution in [3.05, 3.63) is 28.2 Å². The highest BCUT2D eigenvalue weighted by Crippen LogP contribution is 2.27. The first-order valence-corrected chi connectivity index (χ1v) is 9.60. The number of amides is 2. The first-order chi connectivity index (χ1) is 11.7. The number of hydrogen-bond donors (Lipinski definition) is 2. The van der Waals surface area contributed by atoms with Gasteiger partial charge in [-0.25, -0.2) is 13.2 Å². The number of nitrogens with zero attached hydrogens (tertiary/aromatic N) is 1. The number of methoxy groups -OCH3 is 1. The molecule has 0 bridgehead atoms. The molecule has 0 saturated carbocycles. The maximum Gasteiger partial charge on any atom is 0.413 e. The van der Waals surface area contributed by atoms with Gasteiger partial charge >= 0.3 is 6.09 Å². The molecule has 8 nitrogen and oxygen atoms in total. The lowest BCUT2D eigenvalue weighted by atomic mass is 10.3. The monoisotopic (exact) mass is 410 g/mol. The van der Waals surface area contributed by atoms with Gasteiger partial charge in [0.1, 0.15) is 4.90 Å². The van der Waals surface area contributed by atoms with Crippen LogP contribution in [0, 0.1) is 0 Å². The molecule has 138 valence electrons. The standard InChI is InChI=1S/C14H17Cl2N3O5S/c1-24-14(21)17-13(20)9-18-4-6-19(7-5-18)25(22,23)12-8-10(15)2-3-11(12)16/h2-3,8H,4-7,9H2,1H3,(H,17,20,21)/p+1. The van der Waals surface area contributed by atoms with E-state index in [9.17, 15) is 18.0 Å². The highest BCUT2D eigenvalue weighted by atomic mass is 35.5. The van der Waals surface area contributed by atoms with Crippen molar-refractivity contribution < 1.29 is 27.6 Å². The minimum atomic E-state index is -3.76. The average Bonchev–Trinajstić information content (AvgIpc) is 2.57. The number of ether oxygens (including phenoxy) is 1. The SMILES string of the molecule is COC(=O)NC(=O)C[NH+]1CCN(S(=O)(=O)c2cc(Cl)ccc2Cl)CC1. The molecule has 0 aromatic heterocycles. The van der Waals surface area contributed by atoms with Crippen LogP contribution in [-0.2, 0) is 19.6 Å². The summed E-state index contributed by atoms with van der Waals surface area (Å²) in [4.78, 5) is 23.5. The largest absolute Gasteiger partial charge is 0.453 e. The van der Waals surface area contributed by atoms with Gasteiger partial charge < -0.3 is 9.64 Å². The topological polar surface area (TPSA) is 97.2 Å². The second kappa shape index (κ2) is 8.33. The van der Waals surface area contributed by atoms with Gasteiger partial charge in [-0.2, -0.15) is 4.31 Å². The fourth-order valence-corrected chi connectivity index (χ4v) is 4.65. The zero-order valence-electron chi connectivity index (χ0n) is 13.4. The normalized spacial score (nSPS) is 16.4. The quantitative estimate of drug-likeness (QED) is 0.713. The number of rotatable bonds is 4. The Morgan fingerprint density at radius 1 is 1.28 bits per heavy atom. The lowest BCUT2D eigenvalue weighted by Gasteiger charge is -2.31. The van der Waals surface area contributed by atoms with Crippen molar-refractivity contribution in [2.75, 3.05) is 39.8 Å². The van der Waals surface area contributed by atoms with Crippen molar-refractivity contribution in [1.82, 2.24) is 9.62 Å². The number of imide groups is 1.